The number of sulfonamides is 2. The van der Waals surface area contributed by atoms with Gasteiger partial charge in [-0.05, 0) is 97.3 Å². The maximum Gasteiger partial charge on any atom is 0.240 e. The molecule has 0 saturated carbocycles. The summed E-state index contributed by atoms with van der Waals surface area (Å²) in [6.07, 6.45) is 4.10. The molecule has 45 heavy (non-hydrogen) atoms. The van der Waals surface area contributed by atoms with Gasteiger partial charge in [0.15, 0.2) is 0 Å². The molecule has 0 unspecified atom stereocenters. The van der Waals surface area contributed by atoms with Crippen molar-refractivity contribution in [2.24, 2.45) is 11.1 Å². The van der Waals surface area contributed by atoms with Crippen molar-refractivity contribution < 1.29 is 21.6 Å². The van der Waals surface area contributed by atoms with Crippen LogP contribution in [0.3, 0.4) is 0 Å². The van der Waals surface area contributed by atoms with Crippen molar-refractivity contribution in [2.75, 3.05) is 32.7 Å². The van der Waals surface area contributed by atoms with Crippen molar-refractivity contribution in [3.05, 3.63) is 83.9 Å². The lowest BCUT2D eigenvalue weighted by atomic mass is 10.0. The fourth-order valence-electron chi connectivity index (χ4n) is 5.31. The predicted octanol–water partition coefficient (Wildman–Crippen LogP) is 4.80. The van der Waals surface area contributed by atoms with Crippen molar-refractivity contribution in [1.29, 1.82) is 0 Å². The van der Waals surface area contributed by atoms with Crippen molar-refractivity contribution in [3.8, 4) is 11.1 Å². The van der Waals surface area contributed by atoms with Gasteiger partial charge in [-0.15, -0.1) is 12.4 Å². The number of halogens is 1. The second kappa shape index (κ2) is 16.7. The topological polar surface area (TPSA) is 130 Å². The van der Waals surface area contributed by atoms with E-state index in [-0.39, 0.29) is 28.1 Å². The third-order valence-electron chi connectivity index (χ3n) is 7.91. The second-order valence-corrected chi connectivity index (χ2v) is 15.2. The van der Waals surface area contributed by atoms with E-state index in [2.05, 4.69) is 23.5 Å². The monoisotopic (exact) mass is 676 g/mol. The minimum Gasteiger partial charge on any atom is -0.338 e. The largest absolute Gasteiger partial charge is 0.338 e. The Hall–Kier alpha value is -2.80. The molecule has 0 spiro atoms. The number of nitrogens with one attached hydrogen (secondary N) is 1. The lowest BCUT2D eigenvalue weighted by Crippen LogP contribution is -2.33. The van der Waals surface area contributed by atoms with Crippen LogP contribution in [0.5, 0.6) is 0 Å². The number of carbonyl (C=O) groups is 1. The first-order valence-electron chi connectivity index (χ1n) is 15.2. The van der Waals surface area contributed by atoms with Crippen molar-refractivity contribution >= 4 is 38.4 Å². The Balaban J connectivity index is 0.00000552. The number of hydrogen-bond donors (Lipinski definition) is 2. The van der Waals surface area contributed by atoms with Crippen LogP contribution in [-0.4, -0.2) is 65.3 Å². The van der Waals surface area contributed by atoms with Crippen LogP contribution in [0.4, 0.5) is 0 Å². The van der Waals surface area contributed by atoms with E-state index in [1.54, 1.807) is 30.3 Å². The summed E-state index contributed by atoms with van der Waals surface area (Å²) >= 11 is 0. The van der Waals surface area contributed by atoms with E-state index in [0.717, 1.165) is 54.6 Å². The number of nitrogens with two attached hydrogens (primary N) is 1. The summed E-state index contributed by atoms with van der Waals surface area (Å²) in [6, 6.07) is 21.2. The molecule has 1 aliphatic heterocycles. The molecule has 4 rings (SSSR count). The summed E-state index contributed by atoms with van der Waals surface area (Å²) in [5.41, 5.74) is 3.48. The zero-order valence-electron chi connectivity index (χ0n) is 26.0. The Morgan fingerprint density at radius 2 is 1.53 bits per heavy atom. The molecule has 0 atom stereocenters. The highest BCUT2D eigenvalue weighted by atomic mass is 35.5. The number of primary sulfonamides is 1. The Labute approximate surface area is 274 Å². The average Bonchev–Trinajstić information content (AvgIpc) is 3.51. The first-order chi connectivity index (χ1) is 20.9. The van der Waals surface area contributed by atoms with E-state index in [4.69, 9.17) is 5.14 Å². The molecule has 9 nitrogen and oxygen atoms in total. The van der Waals surface area contributed by atoms with Crippen molar-refractivity contribution in [3.63, 3.8) is 0 Å². The van der Waals surface area contributed by atoms with Crippen LogP contribution in [0.25, 0.3) is 11.1 Å². The summed E-state index contributed by atoms with van der Waals surface area (Å²) in [5.74, 6) is 0.450. The zero-order chi connectivity index (χ0) is 31.7. The van der Waals surface area contributed by atoms with Gasteiger partial charge in [0.2, 0.25) is 26.0 Å². The molecule has 0 aliphatic carbocycles. The number of benzene rings is 3. The van der Waals surface area contributed by atoms with E-state index < -0.39 is 20.0 Å². The van der Waals surface area contributed by atoms with Gasteiger partial charge >= 0.3 is 0 Å². The number of hydrogen-bond acceptors (Lipinski definition) is 6. The highest BCUT2D eigenvalue weighted by molar-refractivity contribution is 7.89. The highest BCUT2D eigenvalue weighted by Gasteiger charge is 2.18. The number of carbonyl (C=O) groups excluding carboxylic acids is 1. The molecule has 1 fully saturated rings. The number of nitrogens with zero attached hydrogens (tertiary/aromatic N) is 2. The third kappa shape index (κ3) is 11.2. The number of likely N-dealkylation sites (tertiary alicyclic amines) is 1. The van der Waals surface area contributed by atoms with Crippen LogP contribution in [0.2, 0.25) is 0 Å². The summed E-state index contributed by atoms with van der Waals surface area (Å²) < 4.78 is 52.0. The Morgan fingerprint density at radius 3 is 2.18 bits per heavy atom. The number of amides is 1. The second-order valence-electron chi connectivity index (χ2n) is 11.9. The molecule has 246 valence electrons. The molecule has 12 heteroatoms. The lowest BCUT2D eigenvalue weighted by molar-refractivity contribution is -0.132. The molecule has 0 bridgehead atoms. The smallest absolute Gasteiger partial charge is 0.240 e. The van der Waals surface area contributed by atoms with Gasteiger partial charge in [0.25, 0.3) is 0 Å². The molecule has 3 aromatic rings. The quantitative estimate of drug-likeness (QED) is 0.238. The standard InChI is InChI=1S/C33H44N4O5S2.ClH/c1-26(2)11-16-33(38)37(21-17-27-12-14-31(15-13-27)43(34,39)40)25-28-7-5-8-29(23-28)30-9-6-10-32(24-30)44(41,42)35-18-22-36-19-3-4-20-36;/h5-10,12-15,23-24,26,35H,3-4,11,16-22,25H2,1-2H3,(H2,34,39,40);1H. The van der Waals surface area contributed by atoms with Crippen LogP contribution in [-0.2, 0) is 37.8 Å². The molecule has 0 radical (unpaired) electrons. The van der Waals surface area contributed by atoms with Crippen LogP contribution >= 0.6 is 12.4 Å². The maximum atomic E-state index is 13.3. The SMILES string of the molecule is CC(C)CCC(=O)N(CCc1ccc(S(N)(=O)=O)cc1)Cc1cccc(-c2cccc(S(=O)(=O)NCCN3CCCC3)c2)c1.Cl. The van der Waals surface area contributed by atoms with Crippen LogP contribution in [0.1, 0.15) is 50.7 Å². The van der Waals surface area contributed by atoms with E-state index in [1.165, 1.54) is 12.1 Å². The molecule has 1 saturated heterocycles. The van der Waals surface area contributed by atoms with Gasteiger partial charge in [-0.1, -0.05) is 56.3 Å². The molecule has 3 N–H and O–H groups in total. The molecule has 1 aliphatic rings. The Morgan fingerprint density at radius 1 is 0.889 bits per heavy atom. The van der Waals surface area contributed by atoms with Crippen LogP contribution in [0.15, 0.2) is 82.6 Å². The molecule has 3 aromatic carbocycles. The normalized spacial score (nSPS) is 14.0. The zero-order valence-corrected chi connectivity index (χ0v) is 28.5. The predicted molar refractivity (Wildman–Crippen MR) is 181 cm³/mol. The molecule has 0 aromatic heterocycles. The maximum absolute atomic E-state index is 13.3. The highest BCUT2D eigenvalue weighted by Crippen LogP contribution is 2.25. The minimum absolute atomic E-state index is 0. The van der Waals surface area contributed by atoms with E-state index in [1.807, 2.05) is 35.2 Å². The number of rotatable bonds is 15. The van der Waals surface area contributed by atoms with Gasteiger partial charge in [0, 0.05) is 32.6 Å². The van der Waals surface area contributed by atoms with Gasteiger partial charge in [-0.3, -0.25) is 4.79 Å². The fourth-order valence-corrected chi connectivity index (χ4v) is 6.89. The molecular formula is C33H45ClN4O5S2. The van der Waals surface area contributed by atoms with E-state index >= 15 is 0 Å². The Kier molecular flexibility index (Phi) is 13.6. The summed E-state index contributed by atoms with van der Waals surface area (Å²) in [6.45, 7) is 8.15. The minimum atomic E-state index is -3.77. The van der Waals surface area contributed by atoms with E-state index in [9.17, 15) is 21.6 Å². The van der Waals surface area contributed by atoms with Gasteiger partial charge in [0.05, 0.1) is 9.79 Å². The molecule has 1 amide bonds. The average molecular weight is 677 g/mol. The summed E-state index contributed by atoms with van der Waals surface area (Å²) in [5, 5.41) is 5.22. The van der Waals surface area contributed by atoms with Crippen LogP contribution in [0, 0.1) is 5.92 Å². The first-order valence-corrected chi connectivity index (χ1v) is 18.2. The summed E-state index contributed by atoms with van der Waals surface area (Å²) in [4.78, 5) is 17.7. The molecular weight excluding hydrogens is 632 g/mol. The van der Waals surface area contributed by atoms with Gasteiger partial charge in [-0.2, -0.15) is 0 Å². The van der Waals surface area contributed by atoms with Gasteiger partial charge in [-0.25, -0.2) is 26.7 Å². The molecule has 1 heterocycles. The lowest BCUT2D eigenvalue weighted by Gasteiger charge is -2.24. The van der Waals surface area contributed by atoms with Gasteiger partial charge < -0.3 is 9.80 Å². The van der Waals surface area contributed by atoms with Crippen molar-refractivity contribution in [1.82, 2.24) is 14.5 Å². The Bertz CT molecular complexity index is 1620. The van der Waals surface area contributed by atoms with Gasteiger partial charge in [0.1, 0.15) is 0 Å². The van der Waals surface area contributed by atoms with E-state index in [0.29, 0.717) is 44.9 Å². The summed E-state index contributed by atoms with van der Waals surface area (Å²) in [7, 11) is -7.42. The van der Waals surface area contributed by atoms with Crippen molar-refractivity contribution in [2.45, 2.75) is 62.3 Å². The third-order valence-corrected chi connectivity index (χ3v) is 10.3. The van der Waals surface area contributed by atoms with Crippen LogP contribution < -0.4 is 9.86 Å². The first kappa shape index (κ1) is 36.7. The fraction of sp³-hybridized carbons (Fsp3) is 0.424.